The maximum absolute atomic E-state index is 12.9. The molecule has 0 aliphatic rings. The summed E-state index contributed by atoms with van der Waals surface area (Å²) >= 11 is 0. The number of H-pyrrole nitrogens is 1. The summed E-state index contributed by atoms with van der Waals surface area (Å²) in [5.41, 5.74) is 1.44. The zero-order valence-electron chi connectivity index (χ0n) is 8.76. The Morgan fingerprint density at radius 3 is 3.19 bits per heavy atom. The highest BCUT2D eigenvalue weighted by molar-refractivity contribution is 5.77. The van der Waals surface area contributed by atoms with Gasteiger partial charge in [0.2, 0.25) is 5.95 Å². The Hall–Kier alpha value is -2.02. The maximum atomic E-state index is 12.9. The lowest BCUT2D eigenvalue weighted by Gasteiger charge is -1.98. The van der Waals surface area contributed by atoms with Gasteiger partial charge in [-0.05, 0) is 24.6 Å². The zero-order chi connectivity index (χ0) is 11.4. The van der Waals surface area contributed by atoms with Crippen molar-refractivity contribution in [3.63, 3.8) is 0 Å². The predicted molar refractivity (Wildman–Crippen MR) is 62.6 cm³/mol. The van der Waals surface area contributed by atoms with Crippen molar-refractivity contribution in [3.8, 4) is 12.3 Å². The van der Waals surface area contributed by atoms with Gasteiger partial charge in [-0.3, -0.25) is 0 Å². The summed E-state index contributed by atoms with van der Waals surface area (Å²) in [7, 11) is 0. The molecule has 0 radical (unpaired) electrons. The van der Waals surface area contributed by atoms with Crippen molar-refractivity contribution in [1.82, 2.24) is 9.97 Å². The molecule has 4 heteroatoms. The fraction of sp³-hybridized carbons (Fsp3) is 0.250. The molecule has 1 heterocycles. The number of anilines is 1. The van der Waals surface area contributed by atoms with Crippen molar-refractivity contribution < 1.29 is 4.39 Å². The van der Waals surface area contributed by atoms with Crippen LogP contribution in [-0.2, 0) is 0 Å². The van der Waals surface area contributed by atoms with E-state index in [0.717, 1.165) is 24.9 Å². The van der Waals surface area contributed by atoms with Crippen molar-refractivity contribution in [2.45, 2.75) is 12.8 Å². The van der Waals surface area contributed by atoms with Crippen molar-refractivity contribution in [2.24, 2.45) is 0 Å². The average Bonchev–Trinajstić information content (AvgIpc) is 2.66. The second kappa shape index (κ2) is 4.67. The van der Waals surface area contributed by atoms with Crippen molar-refractivity contribution in [2.75, 3.05) is 11.9 Å². The number of rotatable bonds is 4. The number of halogens is 1. The van der Waals surface area contributed by atoms with E-state index in [1.165, 1.54) is 12.1 Å². The third-order valence-corrected chi connectivity index (χ3v) is 2.23. The molecule has 0 fully saturated rings. The van der Waals surface area contributed by atoms with Gasteiger partial charge in [0, 0.05) is 13.0 Å². The van der Waals surface area contributed by atoms with Crippen LogP contribution in [0.15, 0.2) is 18.2 Å². The van der Waals surface area contributed by atoms with Gasteiger partial charge in [0.05, 0.1) is 11.0 Å². The highest BCUT2D eigenvalue weighted by atomic mass is 19.1. The quantitative estimate of drug-likeness (QED) is 0.610. The van der Waals surface area contributed by atoms with Crippen molar-refractivity contribution >= 4 is 17.0 Å². The van der Waals surface area contributed by atoms with E-state index in [-0.39, 0.29) is 5.82 Å². The van der Waals surface area contributed by atoms with Gasteiger partial charge in [0.25, 0.3) is 0 Å². The van der Waals surface area contributed by atoms with E-state index >= 15 is 0 Å². The number of terminal acetylenes is 1. The Balaban J connectivity index is 2.06. The van der Waals surface area contributed by atoms with Crippen LogP contribution in [0.5, 0.6) is 0 Å². The normalized spacial score (nSPS) is 10.2. The highest BCUT2D eigenvalue weighted by Gasteiger charge is 2.02. The number of unbranched alkanes of at least 4 members (excludes halogenated alkanes) is 1. The second-order valence-electron chi connectivity index (χ2n) is 3.48. The van der Waals surface area contributed by atoms with E-state index in [4.69, 9.17) is 6.42 Å². The Morgan fingerprint density at radius 1 is 1.50 bits per heavy atom. The molecule has 3 nitrogen and oxygen atoms in total. The third-order valence-electron chi connectivity index (χ3n) is 2.23. The fourth-order valence-corrected chi connectivity index (χ4v) is 1.46. The van der Waals surface area contributed by atoms with Crippen LogP contribution >= 0.6 is 0 Å². The first-order valence-corrected chi connectivity index (χ1v) is 5.12. The van der Waals surface area contributed by atoms with E-state index in [9.17, 15) is 4.39 Å². The van der Waals surface area contributed by atoms with Gasteiger partial charge in [-0.25, -0.2) is 9.37 Å². The van der Waals surface area contributed by atoms with E-state index in [0.29, 0.717) is 11.5 Å². The van der Waals surface area contributed by atoms with Crippen LogP contribution in [0.4, 0.5) is 10.3 Å². The monoisotopic (exact) mass is 217 g/mol. The van der Waals surface area contributed by atoms with Gasteiger partial charge in [-0.2, -0.15) is 0 Å². The molecule has 0 amide bonds. The first-order valence-electron chi connectivity index (χ1n) is 5.12. The minimum Gasteiger partial charge on any atom is -0.356 e. The number of hydrogen-bond acceptors (Lipinski definition) is 2. The van der Waals surface area contributed by atoms with Gasteiger partial charge in [0.15, 0.2) is 0 Å². The Labute approximate surface area is 93.1 Å². The lowest BCUT2D eigenvalue weighted by atomic mass is 10.3. The summed E-state index contributed by atoms with van der Waals surface area (Å²) in [6, 6.07) is 4.47. The lowest BCUT2D eigenvalue weighted by Crippen LogP contribution is -2.02. The molecule has 0 aliphatic heterocycles. The molecule has 2 rings (SSSR count). The first-order chi connectivity index (χ1) is 7.79. The van der Waals surface area contributed by atoms with Crippen molar-refractivity contribution in [3.05, 3.63) is 24.0 Å². The summed E-state index contributed by atoms with van der Waals surface area (Å²) < 4.78 is 12.9. The van der Waals surface area contributed by atoms with Gasteiger partial charge in [-0.1, -0.05) is 0 Å². The van der Waals surface area contributed by atoms with Crippen LogP contribution in [-0.4, -0.2) is 16.5 Å². The van der Waals surface area contributed by atoms with Crippen LogP contribution in [0, 0.1) is 18.2 Å². The van der Waals surface area contributed by atoms with Crippen molar-refractivity contribution in [1.29, 1.82) is 0 Å². The van der Waals surface area contributed by atoms with Gasteiger partial charge in [0.1, 0.15) is 5.82 Å². The number of fused-ring (bicyclic) bond motifs is 1. The van der Waals surface area contributed by atoms with Crippen LogP contribution in [0.1, 0.15) is 12.8 Å². The summed E-state index contributed by atoms with van der Waals surface area (Å²) in [6.45, 7) is 0.756. The topological polar surface area (TPSA) is 40.7 Å². The number of nitrogens with zero attached hydrogens (tertiary/aromatic N) is 1. The predicted octanol–water partition coefficient (Wildman–Crippen LogP) is 2.53. The van der Waals surface area contributed by atoms with Crippen LogP contribution in [0.25, 0.3) is 11.0 Å². The molecule has 1 aromatic carbocycles. The number of aromatic amines is 1. The molecule has 0 saturated heterocycles. The molecular weight excluding hydrogens is 205 g/mol. The molecule has 0 aliphatic carbocycles. The molecule has 0 bridgehead atoms. The maximum Gasteiger partial charge on any atom is 0.201 e. The van der Waals surface area contributed by atoms with E-state index in [1.54, 1.807) is 6.07 Å². The lowest BCUT2D eigenvalue weighted by molar-refractivity contribution is 0.629. The van der Waals surface area contributed by atoms with Crippen LogP contribution in [0.3, 0.4) is 0 Å². The highest BCUT2D eigenvalue weighted by Crippen LogP contribution is 2.15. The summed E-state index contributed by atoms with van der Waals surface area (Å²) in [4.78, 5) is 7.27. The van der Waals surface area contributed by atoms with E-state index < -0.39 is 0 Å². The summed E-state index contributed by atoms with van der Waals surface area (Å²) in [5.74, 6) is 2.95. The molecule has 0 atom stereocenters. The number of aromatic nitrogens is 2. The first kappa shape index (κ1) is 10.5. The van der Waals surface area contributed by atoms with E-state index in [2.05, 4.69) is 21.2 Å². The Kier molecular flexibility index (Phi) is 3.06. The van der Waals surface area contributed by atoms with Crippen LogP contribution < -0.4 is 5.32 Å². The molecule has 0 spiro atoms. The molecule has 2 N–H and O–H groups in total. The summed E-state index contributed by atoms with van der Waals surface area (Å²) in [6.07, 6.45) is 6.77. The molecule has 0 unspecified atom stereocenters. The molecule has 82 valence electrons. The van der Waals surface area contributed by atoms with Gasteiger partial charge in [-0.15, -0.1) is 12.3 Å². The SMILES string of the molecule is C#CCCCNc1nc2ccc(F)cc2[nH]1. The fourth-order valence-electron chi connectivity index (χ4n) is 1.46. The van der Waals surface area contributed by atoms with Crippen LogP contribution in [0.2, 0.25) is 0 Å². The Morgan fingerprint density at radius 2 is 2.38 bits per heavy atom. The molecule has 16 heavy (non-hydrogen) atoms. The zero-order valence-corrected chi connectivity index (χ0v) is 8.76. The number of benzene rings is 1. The number of hydrogen-bond donors (Lipinski definition) is 2. The molecule has 1 aromatic heterocycles. The standard InChI is InChI=1S/C12H12FN3/c1-2-3-4-7-14-12-15-10-6-5-9(13)8-11(10)16-12/h1,5-6,8H,3-4,7H2,(H2,14,15,16). The molecule has 0 saturated carbocycles. The molecule has 2 aromatic rings. The summed E-state index contributed by atoms with van der Waals surface area (Å²) in [5, 5.41) is 3.10. The Bertz CT molecular complexity index is 525. The average molecular weight is 217 g/mol. The second-order valence-corrected chi connectivity index (χ2v) is 3.48. The minimum absolute atomic E-state index is 0.268. The molecular formula is C12H12FN3. The third kappa shape index (κ3) is 2.31. The smallest absolute Gasteiger partial charge is 0.201 e. The minimum atomic E-state index is -0.268. The largest absolute Gasteiger partial charge is 0.356 e. The van der Waals surface area contributed by atoms with Gasteiger partial charge >= 0.3 is 0 Å². The van der Waals surface area contributed by atoms with E-state index in [1.807, 2.05) is 0 Å². The number of imidazole rings is 1. The van der Waals surface area contributed by atoms with Gasteiger partial charge < -0.3 is 10.3 Å². The number of nitrogens with one attached hydrogen (secondary N) is 2.